The SMILES string of the molecule is O=C(C1CC1)N1CCc2nc3cc([C@@H]4CCCN(C(=O)C5CCC5)C4)[nH]n3c(=O)c2C1. The van der Waals surface area contributed by atoms with E-state index in [-0.39, 0.29) is 29.2 Å². The zero-order valence-corrected chi connectivity index (χ0v) is 17.8. The van der Waals surface area contributed by atoms with Gasteiger partial charge < -0.3 is 9.80 Å². The van der Waals surface area contributed by atoms with Crippen molar-refractivity contribution in [2.24, 2.45) is 11.8 Å². The van der Waals surface area contributed by atoms with Crippen molar-refractivity contribution in [3.63, 3.8) is 0 Å². The second-order valence-electron chi connectivity index (χ2n) is 9.78. The fourth-order valence-corrected chi connectivity index (χ4v) is 5.33. The first-order valence-electron chi connectivity index (χ1n) is 11.8. The molecule has 164 valence electrons. The lowest BCUT2D eigenvalue weighted by atomic mass is 9.83. The lowest BCUT2D eigenvalue weighted by Crippen LogP contribution is -2.44. The number of aromatic amines is 1. The number of nitrogens with one attached hydrogen (secondary N) is 1. The van der Waals surface area contributed by atoms with E-state index in [0.717, 1.165) is 56.5 Å². The Morgan fingerprint density at radius 1 is 0.968 bits per heavy atom. The number of nitrogens with zero attached hydrogens (tertiary/aromatic N) is 4. The van der Waals surface area contributed by atoms with Gasteiger partial charge >= 0.3 is 0 Å². The molecule has 2 aromatic rings. The van der Waals surface area contributed by atoms with Crippen LogP contribution in [0.2, 0.25) is 0 Å². The Labute approximate surface area is 180 Å². The third-order valence-corrected chi connectivity index (χ3v) is 7.65. The maximum Gasteiger partial charge on any atom is 0.277 e. The van der Waals surface area contributed by atoms with Crippen molar-refractivity contribution in [1.82, 2.24) is 24.4 Å². The summed E-state index contributed by atoms with van der Waals surface area (Å²) in [7, 11) is 0. The smallest absolute Gasteiger partial charge is 0.277 e. The average molecular weight is 424 g/mol. The maximum atomic E-state index is 13.2. The average Bonchev–Trinajstić information content (AvgIpc) is 3.51. The van der Waals surface area contributed by atoms with E-state index >= 15 is 0 Å². The second-order valence-corrected chi connectivity index (χ2v) is 9.78. The van der Waals surface area contributed by atoms with Crippen LogP contribution in [0.15, 0.2) is 10.9 Å². The molecule has 2 amide bonds. The van der Waals surface area contributed by atoms with Crippen molar-refractivity contribution in [3.8, 4) is 0 Å². The summed E-state index contributed by atoms with van der Waals surface area (Å²) in [6, 6.07) is 1.98. The van der Waals surface area contributed by atoms with Gasteiger partial charge in [0.05, 0.1) is 17.8 Å². The molecule has 8 nitrogen and oxygen atoms in total. The number of piperidine rings is 1. The molecule has 1 N–H and O–H groups in total. The molecule has 2 aliphatic heterocycles. The highest BCUT2D eigenvalue weighted by molar-refractivity contribution is 5.81. The number of fused-ring (bicyclic) bond motifs is 2. The van der Waals surface area contributed by atoms with Crippen LogP contribution in [0.5, 0.6) is 0 Å². The number of carbonyl (C=O) groups is 2. The van der Waals surface area contributed by atoms with Crippen LogP contribution in [0.4, 0.5) is 0 Å². The number of carbonyl (C=O) groups excluding carboxylic acids is 2. The molecule has 2 aliphatic carbocycles. The highest BCUT2D eigenvalue weighted by Crippen LogP contribution is 2.33. The predicted molar refractivity (Wildman–Crippen MR) is 114 cm³/mol. The largest absolute Gasteiger partial charge is 0.342 e. The molecule has 0 unspecified atom stereocenters. The summed E-state index contributed by atoms with van der Waals surface area (Å²) in [5.41, 5.74) is 2.97. The molecule has 0 spiro atoms. The Morgan fingerprint density at radius 2 is 1.74 bits per heavy atom. The van der Waals surface area contributed by atoms with Crippen LogP contribution in [0.25, 0.3) is 5.65 Å². The Bertz CT molecular complexity index is 1110. The zero-order chi connectivity index (χ0) is 21.1. The van der Waals surface area contributed by atoms with Crippen LogP contribution in [0.3, 0.4) is 0 Å². The molecule has 8 heteroatoms. The molecule has 3 fully saturated rings. The molecule has 1 saturated heterocycles. The molecule has 4 heterocycles. The van der Waals surface area contributed by atoms with Crippen LogP contribution in [0.1, 0.15) is 67.8 Å². The van der Waals surface area contributed by atoms with Crippen LogP contribution in [0, 0.1) is 11.8 Å². The lowest BCUT2D eigenvalue weighted by molar-refractivity contribution is -0.139. The Balaban J connectivity index is 1.26. The number of hydrogen-bond acceptors (Lipinski definition) is 4. The van der Waals surface area contributed by atoms with Gasteiger partial charge in [-0.15, -0.1) is 0 Å². The van der Waals surface area contributed by atoms with Crippen LogP contribution in [-0.2, 0) is 22.6 Å². The highest BCUT2D eigenvalue weighted by atomic mass is 16.2. The van der Waals surface area contributed by atoms with Gasteiger partial charge in [-0.1, -0.05) is 6.42 Å². The summed E-state index contributed by atoms with van der Waals surface area (Å²) in [5.74, 6) is 1.07. The number of rotatable bonds is 3. The molecule has 0 bridgehead atoms. The van der Waals surface area contributed by atoms with Crippen LogP contribution in [-0.4, -0.2) is 55.8 Å². The fraction of sp³-hybridized carbons (Fsp3) is 0.652. The molecule has 6 rings (SSSR count). The summed E-state index contributed by atoms with van der Waals surface area (Å²) in [5, 5.41) is 3.28. The number of hydrogen-bond donors (Lipinski definition) is 1. The van der Waals surface area contributed by atoms with Gasteiger partial charge in [0, 0.05) is 55.6 Å². The third-order valence-electron chi connectivity index (χ3n) is 7.65. The molecule has 1 atom stereocenters. The van der Waals surface area contributed by atoms with E-state index in [0.29, 0.717) is 43.2 Å². The van der Waals surface area contributed by atoms with Crippen molar-refractivity contribution < 1.29 is 9.59 Å². The van der Waals surface area contributed by atoms with Gasteiger partial charge in [0.15, 0.2) is 5.65 Å². The van der Waals surface area contributed by atoms with Crippen LogP contribution >= 0.6 is 0 Å². The van der Waals surface area contributed by atoms with Gasteiger partial charge in [-0.05, 0) is 38.5 Å². The first kappa shape index (κ1) is 19.1. The van der Waals surface area contributed by atoms with Gasteiger partial charge in [0.2, 0.25) is 11.8 Å². The summed E-state index contributed by atoms with van der Waals surface area (Å²) in [6.45, 7) is 2.55. The minimum Gasteiger partial charge on any atom is -0.342 e. The van der Waals surface area contributed by atoms with Gasteiger partial charge in [0.1, 0.15) is 0 Å². The number of aromatic nitrogens is 3. The van der Waals surface area contributed by atoms with Gasteiger partial charge in [0.25, 0.3) is 5.56 Å². The highest BCUT2D eigenvalue weighted by Gasteiger charge is 2.36. The van der Waals surface area contributed by atoms with E-state index < -0.39 is 0 Å². The van der Waals surface area contributed by atoms with Crippen molar-refractivity contribution in [2.45, 2.75) is 63.8 Å². The standard InChI is InChI=1S/C23H29N5O3/c29-21(14-3-1-4-14)26-9-2-5-16(12-26)19-11-20-24-18-8-10-27(22(30)15-6-7-15)13-17(18)23(31)28(20)25-19/h11,14-16,25H,1-10,12-13H2/t16-/m1/s1. The molecule has 2 aromatic heterocycles. The summed E-state index contributed by atoms with van der Waals surface area (Å²) < 4.78 is 1.53. The minimum absolute atomic E-state index is 0.0993. The first-order chi connectivity index (χ1) is 15.1. The Morgan fingerprint density at radius 3 is 2.48 bits per heavy atom. The van der Waals surface area contributed by atoms with E-state index in [1.54, 1.807) is 0 Å². The number of amides is 2. The summed E-state index contributed by atoms with van der Waals surface area (Å²) >= 11 is 0. The quantitative estimate of drug-likeness (QED) is 0.815. The van der Waals surface area contributed by atoms with E-state index in [4.69, 9.17) is 4.98 Å². The normalized spacial score (nSPS) is 24.2. The molecule has 4 aliphatic rings. The van der Waals surface area contributed by atoms with E-state index in [1.165, 1.54) is 10.9 Å². The lowest BCUT2D eigenvalue weighted by Gasteiger charge is -2.37. The van der Waals surface area contributed by atoms with Crippen molar-refractivity contribution in [3.05, 3.63) is 33.4 Å². The molecular weight excluding hydrogens is 394 g/mol. The minimum atomic E-state index is -0.0993. The first-order valence-corrected chi connectivity index (χ1v) is 11.8. The zero-order valence-electron chi connectivity index (χ0n) is 17.8. The predicted octanol–water partition coefficient (Wildman–Crippen LogP) is 1.82. The van der Waals surface area contributed by atoms with Crippen molar-refractivity contribution in [2.75, 3.05) is 19.6 Å². The summed E-state index contributed by atoms with van der Waals surface area (Å²) in [6.07, 6.45) is 7.77. The molecule has 0 radical (unpaired) electrons. The fourth-order valence-electron chi connectivity index (χ4n) is 5.33. The number of H-pyrrole nitrogens is 1. The van der Waals surface area contributed by atoms with Gasteiger partial charge in [-0.3, -0.25) is 19.5 Å². The van der Waals surface area contributed by atoms with Crippen molar-refractivity contribution >= 4 is 17.5 Å². The van der Waals surface area contributed by atoms with Crippen LogP contribution < -0.4 is 5.56 Å². The second kappa shape index (κ2) is 7.21. The maximum absolute atomic E-state index is 13.2. The summed E-state index contributed by atoms with van der Waals surface area (Å²) in [4.78, 5) is 47.0. The Hall–Kier alpha value is -2.64. The monoisotopic (exact) mass is 423 g/mol. The number of likely N-dealkylation sites (tertiary alicyclic amines) is 1. The van der Waals surface area contributed by atoms with Gasteiger partial charge in [-0.25, -0.2) is 9.50 Å². The van der Waals surface area contributed by atoms with E-state index in [1.807, 2.05) is 15.9 Å². The molecule has 0 aromatic carbocycles. The topological polar surface area (TPSA) is 90.8 Å². The third kappa shape index (κ3) is 3.27. The van der Waals surface area contributed by atoms with E-state index in [9.17, 15) is 14.4 Å². The van der Waals surface area contributed by atoms with E-state index in [2.05, 4.69) is 5.10 Å². The van der Waals surface area contributed by atoms with Crippen molar-refractivity contribution in [1.29, 1.82) is 0 Å². The molecule has 2 saturated carbocycles. The molecular formula is C23H29N5O3. The molecule has 31 heavy (non-hydrogen) atoms. The van der Waals surface area contributed by atoms with Gasteiger partial charge in [-0.2, -0.15) is 0 Å². The Kier molecular flexibility index (Phi) is 4.43.